The van der Waals surface area contributed by atoms with Crippen LogP contribution in [0.2, 0.25) is 0 Å². The first kappa shape index (κ1) is 16.4. The highest BCUT2D eigenvalue weighted by Gasteiger charge is 2.36. The van der Waals surface area contributed by atoms with E-state index < -0.39 is 23.7 Å². The number of benzene rings is 1. The zero-order chi connectivity index (χ0) is 16.5. The SMILES string of the molecule is CN(c1ccc(F)cc1C(F)(F)F)C1CCN(C(=O)O)CC1. The highest BCUT2D eigenvalue weighted by atomic mass is 19.4. The van der Waals surface area contributed by atoms with Crippen LogP contribution < -0.4 is 4.90 Å². The molecule has 1 aromatic rings. The number of carboxylic acid groups (broad SMARTS) is 1. The molecule has 8 heteroatoms. The van der Waals surface area contributed by atoms with Gasteiger partial charge in [0, 0.05) is 31.9 Å². The van der Waals surface area contributed by atoms with E-state index in [9.17, 15) is 22.4 Å². The summed E-state index contributed by atoms with van der Waals surface area (Å²) in [7, 11) is 1.52. The molecule has 1 amide bonds. The second-order valence-corrected chi connectivity index (χ2v) is 5.27. The van der Waals surface area contributed by atoms with Crippen molar-refractivity contribution in [3.8, 4) is 0 Å². The maximum Gasteiger partial charge on any atom is 0.418 e. The summed E-state index contributed by atoms with van der Waals surface area (Å²) in [6.07, 6.45) is -4.82. The van der Waals surface area contributed by atoms with Gasteiger partial charge in [-0.05, 0) is 31.0 Å². The molecule has 1 fully saturated rings. The fraction of sp³-hybridized carbons (Fsp3) is 0.500. The number of hydrogen-bond donors (Lipinski definition) is 1. The summed E-state index contributed by atoms with van der Waals surface area (Å²) < 4.78 is 52.3. The molecule has 1 aromatic carbocycles. The first-order chi connectivity index (χ1) is 10.2. The largest absolute Gasteiger partial charge is 0.465 e. The number of nitrogens with zero attached hydrogens (tertiary/aromatic N) is 2. The average molecular weight is 320 g/mol. The second-order valence-electron chi connectivity index (χ2n) is 5.27. The van der Waals surface area contributed by atoms with Crippen molar-refractivity contribution in [1.29, 1.82) is 0 Å². The van der Waals surface area contributed by atoms with Gasteiger partial charge in [-0.3, -0.25) is 0 Å². The minimum atomic E-state index is -4.65. The number of piperidine rings is 1. The molecular formula is C14H16F4N2O2. The third-order valence-corrected chi connectivity index (χ3v) is 3.93. The van der Waals surface area contributed by atoms with Crippen molar-refractivity contribution in [1.82, 2.24) is 4.90 Å². The van der Waals surface area contributed by atoms with Crippen LogP contribution >= 0.6 is 0 Å². The molecule has 22 heavy (non-hydrogen) atoms. The van der Waals surface area contributed by atoms with Crippen molar-refractivity contribution >= 4 is 11.8 Å². The van der Waals surface area contributed by atoms with Crippen molar-refractivity contribution < 1.29 is 27.5 Å². The van der Waals surface area contributed by atoms with Crippen LogP contribution in [0.15, 0.2) is 18.2 Å². The summed E-state index contributed by atoms with van der Waals surface area (Å²) in [6, 6.07) is 2.37. The van der Waals surface area contributed by atoms with Crippen molar-refractivity contribution in [2.45, 2.75) is 25.1 Å². The summed E-state index contributed by atoms with van der Waals surface area (Å²) in [6.45, 7) is 0.541. The van der Waals surface area contributed by atoms with Crippen LogP contribution in [0, 0.1) is 5.82 Å². The molecule has 1 N–H and O–H groups in total. The summed E-state index contributed by atoms with van der Waals surface area (Å²) in [4.78, 5) is 13.5. The quantitative estimate of drug-likeness (QED) is 0.849. The number of rotatable bonds is 2. The lowest BCUT2D eigenvalue weighted by Crippen LogP contribution is -2.45. The van der Waals surface area contributed by atoms with Gasteiger partial charge in [-0.1, -0.05) is 0 Å². The van der Waals surface area contributed by atoms with E-state index in [0.717, 1.165) is 12.1 Å². The standard InChI is InChI=1S/C14H16F4N2O2/c1-19(10-4-6-20(7-5-10)13(21)22)12-3-2-9(15)8-11(12)14(16,17)18/h2-3,8,10H,4-7H2,1H3,(H,21,22). The van der Waals surface area contributed by atoms with Gasteiger partial charge in [0.2, 0.25) is 0 Å². The molecule has 122 valence electrons. The number of anilines is 1. The molecule has 0 spiro atoms. The minimum absolute atomic E-state index is 0.0947. The lowest BCUT2D eigenvalue weighted by Gasteiger charge is -2.37. The van der Waals surface area contributed by atoms with Gasteiger partial charge in [-0.2, -0.15) is 13.2 Å². The van der Waals surface area contributed by atoms with Gasteiger partial charge >= 0.3 is 12.3 Å². The van der Waals surface area contributed by atoms with Crippen LogP contribution in [0.1, 0.15) is 18.4 Å². The van der Waals surface area contributed by atoms with E-state index in [2.05, 4.69) is 0 Å². The third kappa shape index (κ3) is 3.42. The molecule has 4 nitrogen and oxygen atoms in total. The molecule has 1 aliphatic rings. The van der Waals surface area contributed by atoms with Crippen LogP contribution in [0.5, 0.6) is 0 Å². The van der Waals surface area contributed by atoms with E-state index >= 15 is 0 Å². The Kier molecular flexibility index (Phi) is 4.48. The van der Waals surface area contributed by atoms with Gasteiger partial charge in [-0.15, -0.1) is 0 Å². The Balaban J connectivity index is 2.20. The smallest absolute Gasteiger partial charge is 0.418 e. The topological polar surface area (TPSA) is 43.8 Å². The predicted molar refractivity (Wildman–Crippen MR) is 72.4 cm³/mol. The monoisotopic (exact) mass is 320 g/mol. The molecule has 2 rings (SSSR count). The number of alkyl halides is 3. The molecule has 0 aliphatic carbocycles. The van der Waals surface area contributed by atoms with Gasteiger partial charge in [0.1, 0.15) is 5.82 Å². The first-order valence-corrected chi connectivity index (χ1v) is 6.77. The number of amides is 1. The number of halogens is 4. The van der Waals surface area contributed by atoms with Crippen LogP contribution in [0.3, 0.4) is 0 Å². The van der Waals surface area contributed by atoms with E-state index in [1.165, 1.54) is 16.8 Å². The van der Waals surface area contributed by atoms with Gasteiger partial charge in [0.05, 0.1) is 5.56 Å². The van der Waals surface area contributed by atoms with E-state index in [1.807, 2.05) is 0 Å². The van der Waals surface area contributed by atoms with Crippen molar-refractivity contribution in [2.75, 3.05) is 25.0 Å². The highest BCUT2D eigenvalue weighted by molar-refractivity contribution is 5.65. The fourth-order valence-corrected chi connectivity index (χ4v) is 2.68. The van der Waals surface area contributed by atoms with Crippen LogP contribution in [-0.4, -0.2) is 42.3 Å². The molecule has 0 aromatic heterocycles. The summed E-state index contributed by atoms with van der Waals surface area (Å²) in [5.41, 5.74) is -1.11. The number of carbonyl (C=O) groups is 1. The molecule has 1 aliphatic heterocycles. The lowest BCUT2D eigenvalue weighted by molar-refractivity contribution is -0.137. The Morgan fingerprint density at radius 1 is 1.32 bits per heavy atom. The van der Waals surface area contributed by atoms with E-state index in [-0.39, 0.29) is 24.8 Å². The van der Waals surface area contributed by atoms with E-state index in [4.69, 9.17) is 5.11 Å². The third-order valence-electron chi connectivity index (χ3n) is 3.93. The Morgan fingerprint density at radius 2 is 1.91 bits per heavy atom. The summed E-state index contributed by atoms with van der Waals surface area (Å²) >= 11 is 0. The van der Waals surface area contributed by atoms with Gasteiger partial charge in [0.25, 0.3) is 0 Å². The van der Waals surface area contributed by atoms with Gasteiger partial charge < -0.3 is 14.9 Å². The van der Waals surface area contributed by atoms with Crippen LogP contribution in [-0.2, 0) is 6.18 Å². The van der Waals surface area contributed by atoms with E-state index in [1.54, 1.807) is 0 Å². The highest BCUT2D eigenvalue weighted by Crippen LogP contribution is 2.38. The molecule has 0 radical (unpaired) electrons. The average Bonchev–Trinajstić information content (AvgIpc) is 2.45. The Morgan fingerprint density at radius 3 is 2.41 bits per heavy atom. The van der Waals surface area contributed by atoms with Crippen LogP contribution in [0.25, 0.3) is 0 Å². The first-order valence-electron chi connectivity index (χ1n) is 6.77. The normalized spacial score (nSPS) is 16.7. The number of hydrogen-bond acceptors (Lipinski definition) is 2. The van der Waals surface area contributed by atoms with Gasteiger partial charge in [-0.25, -0.2) is 9.18 Å². The van der Waals surface area contributed by atoms with Crippen molar-refractivity contribution in [3.05, 3.63) is 29.6 Å². The molecule has 1 saturated heterocycles. The summed E-state index contributed by atoms with van der Waals surface area (Å²) in [5, 5.41) is 8.88. The summed E-state index contributed by atoms with van der Waals surface area (Å²) in [5.74, 6) is -0.940. The molecule has 1 heterocycles. The molecule has 0 bridgehead atoms. The zero-order valence-corrected chi connectivity index (χ0v) is 11.9. The molecule has 0 atom stereocenters. The second kappa shape index (κ2) is 6.02. The Labute approximate surface area is 124 Å². The lowest BCUT2D eigenvalue weighted by atomic mass is 10.0. The maximum absolute atomic E-state index is 13.1. The molecular weight excluding hydrogens is 304 g/mol. The van der Waals surface area contributed by atoms with E-state index in [0.29, 0.717) is 18.9 Å². The minimum Gasteiger partial charge on any atom is -0.465 e. The van der Waals surface area contributed by atoms with Crippen molar-refractivity contribution in [2.24, 2.45) is 0 Å². The Hall–Kier alpha value is -1.99. The number of likely N-dealkylation sites (tertiary alicyclic amines) is 1. The van der Waals surface area contributed by atoms with Gasteiger partial charge in [0.15, 0.2) is 0 Å². The molecule has 0 unspecified atom stereocenters. The van der Waals surface area contributed by atoms with Crippen LogP contribution in [0.4, 0.5) is 28.0 Å². The van der Waals surface area contributed by atoms with Crippen molar-refractivity contribution in [3.63, 3.8) is 0 Å². The fourth-order valence-electron chi connectivity index (χ4n) is 2.68. The predicted octanol–water partition coefficient (Wildman–Crippen LogP) is 3.42. The molecule has 0 saturated carbocycles. The zero-order valence-electron chi connectivity index (χ0n) is 11.9. The maximum atomic E-state index is 13.1. The Bertz CT molecular complexity index is 554.